The maximum atomic E-state index is 5.89. The van der Waals surface area contributed by atoms with Gasteiger partial charge in [0.05, 0.1) is 10.7 Å². The molecule has 0 radical (unpaired) electrons. The second-order valence-corrected chi connectivity index (χ2v) is 4.93. The lowest BCUT2D eigenvalue weighted by atomic mass is 9.93. The van der Waals surface area contributed by atoms with Gasteiger partial charge < -0.3 is 4.40 Å². The van der Waals surface area contributed by atoms with E-state index in [1.807, 2.05) is 28.9 Å². The molecule has 0 bridgehead atoms. The Bertz CT molecular complexity index is 466. The van der Waals surface area contributed by atoms with Gasteiger partial charge in [-0.2, -0.15) is 0 Å². The van der Waals surface area contributed by atoms with E-state index in [1.165, 1.54) is 0 Å². The topological polar surface area (TPSA) is 17.3 Å². The zero-order valence-electron chi connectivity index (χ0n) is 8.58. The Kier molecular flexibility index (Phi) is 2.04. The number of fused-ring (bicyclic) bond motifs is 1. The molecule has 0 aliphatic rings. The molecule has 2 aromatic heterocycles. The van der Waals surface area contributed by atoms with Crippen LogP contribution in [0.3, 0.4) is 0 Å². The summed E-state index contributed by atoms with van der Waals surface area (Å²) in [6.45, 7) is 6.45. The van der Waals surface area contributed by atoms with Crippen molar-refractivity contribution in [2.24, 2.45) is 0 Å². The summed E-state index contributed by atoms with van der Waals surface area (Å²) in [6, 6.07) is 3.79. The normalized spacial score (nSPS) is 12.3. The van der Waals surface area contributed by atoms with Gasteiger partial charge in [0.1, 0.15) is 5.65 Å². The van der Waals surface area contributed by atoms with E-state index in [4.69, 9.17) is 11.6 Å². The van der Waals surface area contributed by atoms with Crippen LogP contribution in [0, 0.1) is 0 Å². The van der Waals surface area contributed by atoms with E-state index in [0.717, 1.165) is 16.4 Å². The second-order valence-electron chi connectivity index (χ2n) is 4.49. The Labute approximate surface area is 88.5 Å². The highest BCUT2D eigenvalue weighted by molar-refractivity contribution is 6.30. The van der Waals surface area contributed by atoms with Gasteiger partial charge in [-0.15, -0.1) is 0 Å². The van der Waals surface area contributed by atoms with Gasteiger partial charge in [0, 0.05) is 17.8 Å². The lowest BCUT2D eigenvalue weighted by molar-refractivity contribution is 0.573. The average Bonchev–Trinajstić information content (AvgIpc) is 2.45. The lowest BCUT2D eigenvalue weighted by Crippen LogP contribution is -2.11. The van der Waals surface area contributed by atoms with Crippen molar-refractivity contribution < 1.29 is 0 Å². The SMILES string of the molecule is CC(C)(C)c1cn2cc(Cl)ccc2n1. The van der Waals surface area contributed by atoms with Crippen molar-refractivity contribution in [2.75, 3.05) is 0 Å². The van der Waals surface area contributed by atoms with Gasteiger partial charge in [0.2, 0.25) is 0 Å². The van der Waals surface area contributed by atoms with Crippen molar-refractivity contribution in [1.29, 1.82) is 0 Å². The Morgan fingerprint density at radius 2 is 1.93 bits per heavy atom. The van der Waals surface area contributed by atoms with Crippen molar-refractivity contribution in [3.8, 4) is 0 Å². The minimum atomic E-state index is 0.0818. The molecule has 0 aliphatic carbocycles. The summed E-state index contributed by atoms with van der Waals surface area (Å²) in [5.74, 6) is 0. The van der Waals surface area contributed by atoms with Crippen LogP contribution >= 0.6 is 11.6 Å². The van der Waals surface area contributed by atoms with Gasteiger partial charge in [-0.1, -0.05) is 32.4 Å². The first-order chi connectivity index (χ1) is 6.47. The number of hydrogen-bond donors (Lipinski definition) is 0. The van der Waals surface area contributed by atoms with E-state index in [2.05, 4.69) is 25.8 Å². The minimum absolute atomic E-state index is 0.0818. The molecular weight excluding hydrogens is 196 g/mol. The molecule has 0 spiro atoms. The molecule has 0 amide bonds. The first kappa shape index (κ1) is 9.53. The largest absolute Gasteiger partial charge is 0.305 e. The fraction of sp³-hybridized carbons (Fsp3) is 0.364. The predicted octanol–water partition coefficient (Wildman–Crippen LogP) is 3.29. The van der Waals surface area contributed by atoms with Crippen LogP contribution in [0.5, 0.6) is 0 Å². The molecule has 0 fully saturated rings. The molecule has 3 heteroatoms. The minimum Gasteiger partial charge on any atom is -0.305 e. The van der Waals surface area contributed by atoms with Crippen LogP contribution in [0.15, 0.2) is 24.5 Å². The molecular formula is C11H13ClN2. The second kappa shape index (κ2) is 2.99. The van der Waals surface area contributed by atoms with Gasteiger partial charge in [-0.25, -0.2) is 4.98 Å². The molecule has 0 saturated heterocycles. The molecule has 14 heavy (non-hydrogen) atoms. The molecule has 0 aromatic carbocycles. The lowest BCUT2D eigenvalue weighted by Gasteiger charge is -2.13. The standard InChI is InChI=1S/C11H13ClN2/c1-11(2,3)9-7-14-6-8(12)4-5-10(14)13-9/h4-7H,1-3H3. The Hall–Kier alpha value is -1.02. The smallest absolute Gasteiger partial charge is 0.137 e. The number of nitrogens with zero attached hydrogens (tertiary/aromatic N) is 2. The summed E-state index contributed by atoms with van der Waals surface area (Å²) < 4.78 is 1.96. The summed E-state index contributed by atoms with van der Waals surface area (Å²) >= 11 is 5.89. The highest BCUT2D eigenvalue weighted by Gasteiger charge is 2.17. The molecule has 0 N–H and O–H groups in total. The Balaban J connectivity index is 2.63. The summed E-state index contributed by atoms with van der Waals surface area (Å²) in [6.07, 6.45) is 3.90. The molecule has 2 rings (SSSR count). The van der Waals surface area contributed by atoms with Crippen LogP contribution in [-0.2, 0) is 5.41 Å². The van der Waals surface area contributed by atoms with Gasteiger partial charge in [0.25, 0.3) is 0 Å². The fourth-order valence-corrected chi connectivity index (χ4v) is 1.49. The number of pyridine rings is 1. The number of imidazole rings is 1. The van der Waals surface area contributed by atoms with Gasteiger partial charge in [0.15, 0.2) is 0 Å². The predicted molar refractivity (Wildman–Crippen MR) is 58.9 cm³/mol. The van der Waals surface area contributed by atoms with E-state index in [9.17, 15) is 0 Å². The molecule has 2 nitrogen and oxygen atoms in total. The Morgan fingerprint density at radius 3 is 2.57 bits per heavy atom. The third-order valence-corrected chi connectivity index (χ3v) is 2.41. The molecule has 2 heterocycles. The van der Waals surface area contributed by atoms with Crippen LogP contribution in [-0.4, -0.2) is 9.38 Å². The van der Waals surface area contributed by atoms with Gasteiger partial charge in [-0.3, -0.25) is 0 Å². The van der Waals surface area contributed by atoms with Gasteiger partial charge in [-0.05, 0) is 12.1 Å². The first-order valence-corrected chi connectivity index (χ1v) is 4.99. The average molecular weight is 209 g/mol. The number of rotatable bonds is 0. The summed E-state index contributed by atoms with van der Waals surface area (Å²) in [5, 5.41) is 0.732. The van der Waals surface area contributed by atoms with Crippen LogP contribution in [0.1, 0.15) is 26.5 Å². The van der Waals surface area contributed by atoms with Crippen molar-refractivity contribution in [2.45, 2.75) is 26.2 Å². The maximum absolute atomic E-state index is 5.89. The van der Waals surface area contributed by atoms with Crippen LogP contribution < -0.4 is 0 Å². The molecule has 2 aromatic rings. The zero-order valence-corrected chi connectivity index (χ0v) is 9.34. The quantitative estimate of drug-likeness (QED) is 0.650. The summed E-state index contributed by atoms with van der Waals surface area (Å²) in [4.78, 5) is 4.53. The number of aromatic nitrogens is 2. The van der Waals surface area contributed by atoms with Crippen molar-refractivity contribution in [3.63, 3.8) is 0 Å². The number of halogens is 1. The van der Waals surface area contributed by atoms with E-state index < -0.39 is 0 Å². The van der Waals surface area contributed by atoms with Crippen molar-refractivity contribution in [3.05, 3.63) is 35.2 Å². The van der Waals surface area contributed by atoms with E-state index in [0.29, 0.717) is 0 Å². The maximum Gasteiger partial charge on any atom is 0.137 e. The highest BCUT2D eigenvalue weighted by atomic mass is 35.5. The summed E-state index contributed by atoms with van der Waals surface area (Å²) in [5.41, 5.74) is 2.11. The first-order valence-electron chi connectivity index (χ1n) is 4.61. The molecule has 0 saturated carbocycles. The number of hydrogen-bond acceptors (Lipinski definition) is 1. The van der Waals surface area contributed by atoms with Crippen molar-refractivity contribution in [1.82, 2.24) is 9.38 Å². The third-order valence-electron chi connectivity index (χ3n) is 2.18. The monoisotopic (exact) mass is 208 g/mol. The molecule has 74 valence electrons. The van der Waals surface area contributed by atoms with Gasteiger partial charge >= 0.3 is 0 Å². The molecule has 0 unspecified atom stereocenters. The molecule has 0 atom stereocenters. The fourth-order valence-electron chi connectivity index (χ4n) is 1.33. The zero-order chi connectivity index (χ0) is 10.3. The van der Waals surface area contributed by atoms with Crippen molar-refractivity contribution >= 4 is 17.2 Å². The molecule has 0 aliphatic heterocycles. The van der Waals surface area contributed by atoms with Crippen LogP contribution in [0.4, 0.5) is 0 Å². The Morgan fingerprint density at radius 1 is 1.21 bits per heavy atom. The van der Waals surface area contributed by atoms with E-state index >= 15 is 0 Å². The van der Waals surface area contributed by atoms with E-state index in [1.54, 1.807) is 0 Å². The third kappa shape index (κ3) is 1.62. The van der Waals surface area contributed by atoms with Crippen LogP contribution in [0.2, 0.25) is 5.02 Å². The van der Waals surface area contributed by atoms with Crippen LogP contribution in [0.25, 0.3) is 5.65 Å². The van der Waals surface area contributed by atoms with E-state index in [-0.39, 0.29) is 5.41 Å². The highest BCUT2D eigenvalue weighted by Crippen LogP contribution is 2.22. The summed E-state index contributed by atoms with van der Waals surface area (Å²) in [7, 11) is 0.